The Bertz CT molecular complexity index is 120. The molecule has 0 aliphatic heterocycles. The lowest BCUT2D eigenvalue weighted by Crippen LogP contribution is -1.56. The van der Waals surface area contributed by atoms with Crippen molar-refractivity contribution in [3.63, 3.8) is 0 Å². The first-order valence-electron chi connectivity index (χ1n) is 2.42. The van der Waals surface area contributed by atoms with Crippen molar-refractivity contribution in [2.24, 2.45) is 0 Å². The number of rotatable bonds is 2. The summed E-state index contributed by atoms with van der Waals surface area (Å²) < 4.78 is 0. The minimum Gasteiger partial charge on any atom is -0.0990 e. The lowest BCUT2D eigenvalue weighted by atomic mass is 10.4. The van der Waals surface area contributed by atoms with Crippen LogP contribution in [0.2, 0.25) is 0 Å². The molecule has 0 aromatic heterocycles. The first kappa shape index (κ1) is 7.51. The molecule has 0 unspecified atom stereocenters. The Labute approximate surface area is 55.2 Å². The first-order valence-corrected chi connectivity index (χ1v) is 2.80. The predicted octanol–water partition coefficient (Wildman–Crippen LogP) is 2.87. The molecular weight excluding hydrogens is 120 g/mol. The second-order valence-electron chi connectivity index (χ2n) is 1.29. The van der Waals surface area contributed by atoms with Crippen LogP contribution in [0.15, 0.2) is 35.9 Å². The molecule has 8 heavy (non-hydrogen) atoms. The molecule has 0 amide bonds. The molecule has 0 bridgehead atoms. The third-order valence-electron chi connectivity index (χ3n) is 0.603. The van der Waals surface area contributed by atoms with Crippen molar-refractivity contribution < 1.29 is 0 Å². The molecule has 0 rings (SSSR count). The van der Waals surface area contributed by atoms with Crippen molar-refractivity contribution in [1.29, 1.82) is 0 Å². The largest absolute Gasteiger partial charge is 0.0990 e. The Morgan fingerprint density at radius 1 is 1.62 bits per heavy atom. The summed E-state index contributed by atoms with van der Waals surface area (Å²) in [5.74, 6) is 0. The highest BCUT2D eigenvalue weighted by Crippen LogP contribution is 2.01. The fourth-order valence-electron chi connectivity index (χ4n) is 0.327. The van der Waals surface area contributed by atoms with Crippen LogP contribution in [0.5, 0.6) is 0 Å². The van der Waals surface area contributed by atoms with E-state index in [0.717, 1.165) is 0 Å². The molecule has 0 saturated carbocycles. The highest BCUT2D eigenvalue weighted by Gasteiger charge is 1.75. The van der Waals surface area contributed by atoms with E-state index in [2.05, 4.69) is 6.58 Å². The molecule has 0 nitrogen and oxygen atoms in total. The van der Waals surface area contributed by atoms with E-state index in [4.69, 9.17) is 11.6 Å². The first-order chi connectivity index (χ1) is 3.81. The maximum absolute atomic E-state index is 5.58. The van der Waals surface area contributed by atoms with Gasteiger partial charge in [-0.2, -0.15) is 0 Å². The summed E-state index contributed by atoms with van der Waals surface area (Å²) in [7, 11) is 0. The number of hydrogen-bond donors (Lipinski definition) is 0. The quantitative estimate of drug-likeness (QED) is 0.502. The molecule has 0 aromatic carbocycles. The van der Waals surface area contributed by atoms with Gasteiger partial charge < -0.3 is 0 Å². The molecule has 0 heterocycles. The fourth-order valence-corrected chi connectivity index (χ4v) is 0.542. The van der Waals surface area contributed by atoms with E-state index >= 15 is 0 Å². The summed E-state index contributed by atoms with van der Waals surface area (Å²) in [6, 6.07) is 0. The van der Waals surface area contributed by atoms with Crippen molar-refractivity contribution in [3.8, 4) is 0 Å². The average molecular weight is 129 g/mol. The Hall–Kier alpha value is -0.490. The zero-order valence-corrected chi connectivity index (χ0v) is 5.65. The number of hydrogen-bond acceptors (Lipinski definition) is 0. The van der Waals surface area contributed by atoms with Gasteiger partial charge in [-0.1, -0.05) is 30.3 Å². The van der Waals surface area contributed by atoms with Crippen LogP contribution in [-0.2, 0) is 0 Å². The summed E-state index contributed by atoms with van der Waals surface area (Å²) in [5, 5.41) is 0.711. The van der Waals surface area contributed by atoms with Gasteiger partial charge in [-0.15, -0.1) is 0 Å². The number of halogens is 1. The molecule has 1 heteroatoms. The third-order valence-corrected chi connectivity index (χ3v) is 0.855. The molecule has 44 valence electrons. The van der Waals surface area contributed by atoms with Crippen LogP contribution in [-0.4, -0.2) is 0 Å². The van der Waals surface area contributed by atoms with E-state index in [0.29, 0.717) is 5.03 Å². The topological polar surface area (TPSA) is 0 Å². The van der Waals surface area contributed by atoms with Crippen LogP contribution >= 0.6 is 11.6 Å². The van der Waals surface area contributed by atoms with Crippen molar-refractivity contribution in [2.75, 3.05) is 0 Å². The van der Waals surface area contributed by atoms with Gasteiger partial charge in [0, 0.05) is 5.03 Å². The highest BCUT2D eigenvalue weighted by molar-refractivity contribution is 6.31. The van der Waals surface area contributed by atoms with Gasteiger partial charge in [-0.05, 0) is 19.1 Å². The monoisotopic (exact) mass is 128 g/mol. The van der Waals surface area contributed by atoms with Crippen LogP contribution in [0, 0.1) is 0 Å². The van der Waals surface area contributed by atoms with Gasteiger partial charge in [0.2, 0.25) is 0 Å². The molecule has 0 atom stereocenters. The van der Waals surface area contributed by atoms with Crippen molar-refractivity contribution in [2.45, 2.75) is 6.92 Å². The molecule has 0 spiro atoms. The Kier molecular flexibility index (Phi) is 4.38. The summed E-state index contributed by atoms with van der Waals surface area (Å²) in [6.45, 7) is 5.40. The molecule has 0 fully saturated rings. The molecule has 0 aliphatic rings. The molecule has 0 aliphatic carbocycles. The summed E-state index contributed by atoms with van der Waals surface area (Å²) in [6.07, 6.45) is 7.08. The fraction of sp³-hybridized carbons (Fsp3) is 0.143. The smallest absolute Gasteiger partial charge is 0.0402 e. The minimum absolute atomic E-state index is 0.711. The van der Waals surface area contributed by atoms with Crippen LogP contribution in [0.4, 0.5) is 0 Å². The van der Waals surface area contributed by atoms with E-state index < -0.39 is 0 Å². The Morgan fingerprint density at radius 2 is 2.25 bits per heavy atom. The van der Waals surface area contributed by atoms with E-state index in [1.807, 2.05) is 19.1 Å². The molecule has 0 aromatic rings. The maximum atomic E-state index is 5.58. The zero-order valence-electron chi connectivity index (χ0n) is 4.89. The lowest BCUT2D eigenvalue weighted by molar-refractivity contribution is 1.71. The number of allylic oxidation sites excluding steroid dienone is 5. The minimum atomic E-state index is 0.711. The van der Waals surface area contributed by atoms with Gasteiger partial charge in [-0.3, -0.25) is 0 Å². The molecule has 0 saturated heterocycles. The van der Waals surface area contributed by atoms with Gasteiger partial charge in [-0.25, -0.2) is 0 Å². The Morgan fingerprint density at radius 3 is 2.62 bits per heavy atom. The predicted molar refractivity (Wildman–Crippen MR) is 38.9 cm³/mol. The highest BCUT2D eigenvalue weighted by atomic mass is 35.5. The van der Waals surface area contributed by atoms with Gasteiger partial charge in [0.25, 0.3) is 0 Å². The second-order valence-corrected chi connectivity index (χ2v) is 1.72. The van der Waals surface area contributed by atoms with E-state index in [9.17, 15) is 0 Å². The second kappa shape index (κ2) is 4.66. The third kappa shape index (κ3) is 3.69. The SMILES string of the molecule is C=CC=C(Cl)C=CC. The van der Waals surface area contributed by atoms with E-state index in [-0.39, 0.29) is 0 Å². The van der Waals surface area contributed by atoms with Crippen LogP contribution in [0.25, 0.3) is 0 Å². The van der Waals surface area contributed by atoms with E-state index in [1.165, 1.54) is 0 Å². The van der Waals surface area contributed by atoms with Gasteiger partial charge in [0.1, 0.15) is 0 Å². The van der Waals surface area contributed by atoms with E-state index in [1.54, 1.807) is 12.2 Å². The average Bonchev–Trinajstić information content (AvgIpc) is 1.68. The maximum Gasteiger partial charge on any atom is 0.0402 e. The van der Waals surface area contributed by atoms with Crippen molar-refractivity contribution in [1.82, 2.24) is 0 Å². The molecular formula is C7H9Cl. The van der Waals surface area contributed by atoms with Crippen LogP contribution in [0.1, 0.15) is 6.92 Å². The summed E-state index contributed by atoms with van der Waals surface area (Å²) >= 11 is 5.58. The molecule has 0 N–H and O–H groups in total. The van der Waals surface area contributed by atoms with Gasteiger partial charge in [0.15, 0.2) is 0 Å². The van der Waals surface area contributed by atoms with Gasteiger partial charge >= 0.3 is 0 Å². The van der Waals surface area contributed by atoms with Crippen LogP contribution < -0.4 is 0 Å². The lowest BCUT2D eigenvalue weighted by Gasteiger charge is -1.79. The van der Waals surface area contributed by atoms with Crippen LogP contribution in [0.3, 0.4) is 0 Å². The summed E-state index contributed by atoms with van der Waals surface area (Å²) in [4.78, 5) is 0. The van der Waals surface area contributed by atoms with Gasteiger partial charge in [0.05, 0.1) is 0 Å². The Balaban J connectivity index is 3.79. The molecule has 0 radical (unpaired) electrons. The van der Waals surface area contributed by atoms with Crippen molar-refractivity contribution in [3.05, 3.63) is 35.9 Å². The standard InChI is InChI=1S/C7H9Cl/c1-3-5-7(8)6-4-2/h3-6H,1H2,2H3. The zero-order chi connectivity index (χ0) is 6.41. The normalized spacial score (nSPS) is 12.5. The van der Waals surface area contributed by atoms with Crippen molar-refractivity contribution >= 4 is 11.6 Å². The summed E-state index contributed by atoms with van der Waals surface area (Å²) in [5.41, 5.74) is 0.